The van der Waals surface area contributed by atoms with Gasteiger partial charge in [0.25, 0.3) is 0 Å². The molecule has 128 valence electrons. The van der Waals surface area contributed by atoms with Gasteiger partial charge in [-0.25, -0.2) is 4.98 Å². The van der Waals surface area contributed by atoms with E-state index in [1.54, 1.807) is 0 Å². The fraction of sp³-hybridized carbons (Fsp3) is 0.294. The molecule has 0 unspecified atom stereocenters. The van der Waals surface area contributed by atoms with Crippen LogP contribution in [0.5, 0.6) is 0 Å². The molecule has 0 saturated carbocycles. The molecule has 0 bridgehead atoms. The molecule has 0 saturated heterocycles. The Morgan fingerprint density at radius 1 is 1.12 bits per heavy atom. The lowest BCUT2D eigenvalue weighted by Crippen LogP contribution is -2.31. The van der Waals surface area contributed by atoms with E-state index in [9.17, 15) is 18.0 Å². The van der Waals surface area contributed by atoms with Gasteiger partial charge < -0.3 is 10.2 Å². The standard InChI is InChI=1S/C17H18F3N3O/c1-11-6-4-7-12(2)16(11)22-15(24)10-23(3)14-9-5-8-13(21-14)17(18,19)20/h4-9H,10H2,1-3H3,(H,22,24). The summed E-state index contributed by atoms with van der Waals surface area (Å²) in [5, 5.41) is 2.79. The van der Waals surface area contributed by atoms with E-state index in [-0.39, 0.29) is 18.3 Å². The third kappa shape index (κ3) is 4.24. The smallest absolute Gasteiger partial charge is 0.350 e. The summed E-state index contributed by atoms with van der Waals surface area (Å²) >= 11 is 0. The van der Waals surface area contributed by atoms with Gasteiger partial charge in [0.05, 0.1) is 6.54 Å². The minimum Gasteiger partial charge on any atom is -0.350 e. The van der Waals surface area contributed by atoms with Gasteiger partial charge in [0.1, 0.15) is 11.5 Å². The lowest BCUT2D eigenvalue weighted by Gasteiger charge is -2.19. The number of alkyl halides is 3. The van der Waals surface area contributed by atoms with Gasteiger partial charge in [0.15, 0.2) is 0 Å². The zero-order chi connectivity index (χ0) is 17.9. The molecule has 24 heavy (non-hydrogen) atoms. The number of carbonyl (C=O) groups is 1. The number of nitrogens with zero attached hydrogens (tertiary/aromatic N) is 2. The highest BCUT2D eigenvalue weighted by atomic mass is 19.4. The lowest BCUT2D eigenvalue weighted by molar-refractivity contribution is -0.141. The number of rotatable bonds is 4. The van der Waals surface area contributed by atoms with Crippen LogP contribution in [0.25, 0.3) is 0 Å². The molecule has 0 radical (unpaired) electrons. The Morgan fingerprint density at radius 2 is 1.71 bits per heavy atom. The summed E-state index contributed by atoms with van der Waals surface area (Å²) in [7, 11) is 1.52. The van der Waals surface area contributed by atoms with Crippen molar-refractivity contribution < 1.29 is 18.0 Å². The number of anilines is 2. The topological polar surface area (TPSA) is 45.2 Å². The predicted molar refractivity (Wildman–Crippen MR) is 87.1 cm³/mol. The van der Waals surface area contributed by atoms with Crippen LogP contribution in [0.4, 0.5) is 24.7 Å². The van der Waals surface area contributed by atoms with E-state index in [2.05, 4.69) is 10.3 Å². The predicted octanol–water partition coefficient (Wildman–Crippen LogP) is 3.79. The molecule has 1 aromatic carbocycles. The summed E-state index contributed by atoms with van der Waals surface area (Å²) in [6.07, 6.45) is -4.52. The normalized spacial score (nSPS) is 11.2. The van der Waals surface area contributed by atoms with Crippen molar-refractivity contribution >= 4 is 17.4 Å². The van der Waals surface area contributed by atoms with Crippen LogP contribution < -0.4 is 10.2 Å². The van der Waals surface area contributed by atoms with E-state index < -0.39 is 11.9 Å². The number of para-hydroxylation sites is 1. The van der Waals surface area contributed by atoms with Crippen molar-refractivity contribution in [3.8, 4) is 0 Å². The molecular weight excluding hydrogens is 319 g/mol. The summed E-state index contributed by atoms with van der Waals surface area (Å²) in [4.78, 5) is 17.1. The number of nitrogens with one attached hydrogen (secondary N) is 1. The van der Waals surface area contributed by atoms with Gasteiger partial charge in [0, 0.05) is 12.7 Å². The molecule has 0 fully saturated rings. The first kappa shape index (κ1) is 17.8. The number of likely N-dealkylation sites (N-methyl/N-ethyl adjacent to an activating group) is 1. The van der Waals surface area contributed by atoms with Crippen LogP contribution in [0.15, 0.2) is 36.4 Å². The summed E-state index contributed by atoms with van der Waals surface area (Å²) in [6, 6.07) is 9.24. The lowest BCUT2D eigenvalue weighted by atomic mass is 10.1. The second kappa shape index (κ2) is 6.90. The van der Waals surface area contributed by atoms with Gasteiger partial charge in [-0.05, 0) is 37.1 Å². The molecule has 7 heteroatoms. The Kier molecular flexibility index (Phi) is 5.11. The number of aryl methyl sites for hydroxylation is 2. The van der Waals surface area contributed by atoms with Gasteiger partial charge in [-0.1, -0.05) is 24.3 Å². The first-order chi connectivity index (χ1) is 11.2. The Morgan fingerprint density at radius 3 is 2.29 bits per heavy atom. The molecule has 1 amide bonds. The molecule has 1 aromatic heterocycles. The number of halogens is 3. The minimum absolute atomic E-state index is 0.0847. The van der Waals surface area contributed by atoms with Crippen LogP contribution in [0.3, 0.4) is 0 Å². The SMILES string of the molecule is Cc1cccc(C)c1NC(=O)CN(C)c1cccc(C(F)(F)F)n1. The third-order valence-corrected chi connectivity index (χ3v) is 3.54. The molecule has 0 aliphatic carbocycles. The van der Waals surface area contributed by atoms with Crippen LogP contribution in [-0.4, -0.2) is 24.5 Å². The summed E-state index contributed by atoms with van der Waals surface area (Å²) in [6.45, 7) is 3.64. The van der Waals surface area contributed by atoms with E-state index in [0.717, 1.165) is 17.2 Å². The maximum atomic E-state index is 12.7. The number of hydrogen-bond acceptors (Lipinski definition) is 3. The second-order valence-electron chi connectivity index (χ2n) is 5.55. The zero-order valence-corrected chi connectivity index (χ0v) is 13.6. The van der Waals surface area contributed by atoms with Gasteiger partial charge in [-0.15, -0.1) is 0 Å². The third-order valence-electron chi connectivity index (χ3n) is 3.54. The van der Waals surface area contributed by atoms with Crippen molar-refractivity contribution in [3.63, 3.8) is 0 Å². The number of hydrogen-bond donors (Lipinski definition) is 1. The number of amides is 1. The quantitative estimate of drug-likeness (QED) is 0.923. The minimum atomic E-state index is -4.52. The van der Waals surface area contributed by atoms with Gasteiger partial charge in [-0.2, -0.15) is 13.2 Å². The number of aromatic nitrogens is 1. The first-order valence-electron chi connectivity index (χ1n) is 7.30. The maximum Gasteiger partial charge on any atom is 0.433 e. The van der Waals surface area contributed by atoms with Crippen molar-refractivity contribution in [2.45, 2.75) is 20.0 Å². The molecule has 2 rings (SSSR count). The number of carbonyl (C=O) groups excluding carboxylic acids is 1. The zero-order valence-electron chi connectivity index (χ0n) is 13.6. The summed E-state index contributed by atoms with van der Waals surface area (Å²) in [5.74, 6) is -0.240. The molecule has 0 atom stereocenters. The van der Waals surface area contributed by atoms with Crippen molar-refractivity contribution in [3.05, 3.63) is 53.2 Å². The van der Waals surface area contributed by atoms with Crippen molar-refractivity contribution in [2.24, 2.45) is 0 Å². The summed E-state index contributed by atoms with van der Waals surface area (Å²) < 4.78 is 38.1. The monoisotopic (exact) mass is 337 g/mol. The fourth-order valence-electron chi connectivity index (χ4n) is 2.28. The molecular formula is C17H18F3N3O. The van der Waals surface area contributed by atoms with E-state index in [0.29, 0.717) is 5.69 Å². The average Bonchev–Trinajstić information content (AvgIpc) is 2.50. The largest absolute Gasteiger partial charge is 0.433 e. The Bertz CT molecular complexity index is 724. The van der Waals surface area contributed by atoms with Crippen molar-refractivity contribution in [1.82, 2.24) is 4.98 Å². The van der Waals surface area contributed by atoms with Gasteiger partial charge in [0.2, 0.25) is 5.91 Å². The molecule has 0 aliphatic rings. The van der Waals surface area contributed by atoms with Crippen LogP contribution in [0.2, 0.25) is 0 Å². The molecule has 2 aromatic rings. The summed E-state index contributed by atoms with van der Waals surface area (Å²) in [5.41, 5.74) is 1.57. The van der Waals surface area contributed by atoms with Gasteiger partial charge in [-0.3, -0.25) is 4.79 Å². The Hall–Kier alpha value is -2.57. The highest BCUT2D eigenvalue weighted by Gasteiger charge is 2.32. The molecule has 4 nitrogen and oxygen atoms in total. The van der Waals surface area contributed by atoms with Crippen LogP contribution in [-0.2, 0) is 11.0 Å². The molecule has 0 spiro atoms. The first-order valence-corrected chi connectivity index (χ1v) is 7.30. The second-order valence-corrected chi connectivity index (χ2v) is 5.55. The van der Waals surface area contributed by atoms with Crippen LogP contribution >= 0.6 is 0 Å². The molecule has 0 aliphatic heterocycles. The van der Waals surface area contributed by atoms with E-state index in [4.69, 9.17) is 0 Å². The Balaban J connectivity index is 2.09. The van der Waals surface area contributed by atoms with Crippen LogP contribution in [0, 0.1) is 13.8 Å². The Labute approximate surface area is 138 Å². The maximum absolute atomic E-state index is 12.7. The molecule has 1 heterocycles. The van der Waals surface area contributed by atoms with E-state index >= 15 is 0 Å². The van der Waals surface area contributed by atoms with Crippen molar-refractivity contribution in [1.29, 1.82) is 0 Å². The van der Waals surface area contributed by atoms with Gasteiger partial charge >= 0.3 is 6.18 Å². The average molecular weight is 337 g/mol. The number of pyridine rings is 1. The highest BCUT2D eigenvalue weighted by molar-refractivity contribution is 5.95. The van der Waals surface area contributed by atoms with Crippen molar-refractivity contribution in [2.75, 3.05) is 23.8 Å². The van der Waals surface area contributed by atoms with E-state index in [1.165, 1.54) is 24.1 Å². The van der Waals surface area contributed by atoms with E-state index in [1.807, 2.05) is 32.0 Å². The number of benzene rings is 1. The fourth-order valence-corrected chi connectivity index (χ4v) is 2.28. The van der Waals surface area contributed by atoms with Crippen LogP contribution in [0.1, 0.15) is 16.8 Å². The molecule has 1 N–H and O–H groups in total. The highest BCUT2D eigenvalue weighted by Crippen LogP contribution is 2.28.